The van der Waals surface area contributed by atoms with Crippen LogP contribution in [0.3, 0.4) is 0 Å². The second kappa shape index (κ2) is 12.6. The van der Waals surface area contributed by atoms with Gasteiger partial charge in [0.1, 0.15) is 0 Å². The van der Waals surface area contributed by atoms with Crippen molar-refractivity contribution in [1.82, 2.24) is 9.13 Å². The Morgan fingerprint density at radius 2 is 1.11 bits per heavy atom. The average molecular weight is 750 g/mol. The topological polar surface area (TPSA) is 14.2 Å². The van der Waals surface area contributed by atoms with E-state index < -0.39 is 23.5 Å². The summed E-state index contributed by atoms with van der Waals surface area (Å²) in [4.78, 5) is 3.96. The Morgan fingerprint density at radius 1 is 0.500 bits per heavy atom. The van der Waals surface area contributed by atoms with Crippen LogP contribution < -0.4 is 0 Å². The number of para-hydroxylation sites is 2. The summed E-state index contributed by atoms with van der Waals surface area (Å²) in [5, 5.41) is 2.90. The quantitative estimate of drug-likeness (QED) is 0.126. The zero-order chi connectivity index (χ0) is 39.1. The van der Waals surface area contributed by atoms with Crippen molar-refractivity contribution in [3.05, 3.63) is 173 Å². The Balaban J connectivity index is 1.45. The van der Waals surface area contributed by atoms with Crippen LogP contribution in [0.4, 0.5) is 32.0 Å². The van der Waals surface area contributed by atoms with Gasteiger partial charge in [-0.15, -0.1) is 0 Å². The molecule has 2 heterocycles. The largest absolute Gasteiger partial charge is 0.417 e. The summed E-state index contributed by atoms with van der Waals surface area (Å²) in [7, 11) is 0. The van der Waals surface area contributed by atoms with Gasteiger partial charge in [-0.2, -0.15) is 26.3 Å². The van der Waals surface area contributed by atoms with Crippen molar-refractivity contribution < 1.29 is 26.3 Å². The zero-order valence-corrected chi connectivity index (χ0v) is 29.9. The number of halogens is 6. The highest BCUT2D eigenvalue weighted by Crippen LogP contribution is 2.48. The third kappa shape index (κ3) is 5.43. The van der Waals surface area contributed by atoms with Crippen LogP contribution in [-0.4, -0.2) is 9.13 Å². The molecule has 0 aliphatic rings. The molecule has 3 nitrogen and oxygen atoms in total. The van der Waals surface area contributed by atoms with E-state index in [1.165, 1.54) is 12.1 Å². The Kier molecular flexibility index (Phi) is 7.89. The molecule has 0 bridgehead atoms. The Bertz CT molecular complexity index is 3100. The zero-order valence-electron chi connectivity index (χ0n) is 29.9. The van der Waals surface area contributed by atoms with Crippen molar-refractivity contribution in [3.63, 3.8) is 0 Å². The Labute approximate surface area is 317 Å². The predicted molar refractivity (Wildman–Crippen MR) is 212 cm³/mol. The van der Waals surface area contributed by atoms with Gasteiger partial charge in [0.05, 0.1) is 45.5 Å². The van der Waals surface area contributed by atoms with E-state index in [2.05, 4.69) is 15.5 Å². The molecule has 56 heavy (non-hydrogen) atoms. The predicted octanol–water partition coefficient (Wildman–Crippen LogP) is 14.4. The lowest BCUT2D eigenvalue weighted by molar-refractivity contribution is -0.138. The van der Waals surface area contributed by atoms with Crippen LogP contribution >= 0.6 is 0 Å². The van der Waals surface area contributed by atoms with E-state index in [4.69, 9.17) is 6.57 Å². The molecule has 0 aliphatic carbocycles. The number of rotatable bonds is 4. The van der Waals surface area contributed by atoms with Crippen LogP contribution in [0.25, 0.3) is 82.1 Å². The van der Waals surface area contributed by atoms with Gasteiger partial charge in [0.2, 0.25) is 0 Å². The van der Waals surface area contributed by atoms with Crippen LogP contribution in [0.1, 0.15) is 22.3 Å². The van der Waals surface area contributed by atoms with Crippen molar-refractivity contribution in [1.29, 1.82) is 0 Å². The molecule has 0 spiro atoms. The lowest BCUT2D eigenvalue weighted by Crippen LogP contribution is -2.08. The van der Waals surface area contributed by atoms with Crippen molar-refractivity contribution >= 4 is 49.3 Å². The van der Waals surface area contributed by atoms with Crippen LogP contribution in [0.5, 0.6) is 0 Å². The molecule has 0 N–H and O–H groups in total. The molecule has 274 valence electrons. The van der Waals surface area contributed by atoms with Gasteiger partial charge in [-0.05, 0) is 103 Å². The fourth-order valence-corrected chi connectivity index (χ4v) is 8.21. The smallest absolute Gasteiger partial charge is 0.310 e. The van der Waals surface area contributed by atoms with Crippen molar-refractivity contribution in [2.45, 2.75) is 26.2 Å². The average Bonchev–Trinajstić information content (AvgIpc) is 3.68. The van der Waals surface area contributed by atoms with Crippen LogP contribution in [-0.2, 0) is 12.4 Å². The summed E-state index contributed by atoms with van der Waals surface area (Å²) < 4.78 is 90.1. The van der Waals surface area contributed by atoms with Crippen LogP contribution in [0.15, 0.2) is 140 Å². The maximum Gasteiger partial charge on any atom is 0.417 e. The summed E-state index contributed by atoms with van der Waals surface area (Å²) in [5.74, 6) is 0. The van der Waals surface area contributed by atoms with E-state index in [0.717, 1.165) is 45.6 Å². The maximum atomic E-state index is 14.7. The molecule has 9 rings (SSSR count). The molecular weight excluding hydrogens is 721 g/mol. The second-order valence-electron chi connectivity index (χ2n) is 14.0. The minimum atomic E-state index is -4.65. The van der Waals surface area contributed by atoms with E-state index in [0.29, 0.717) is 55.4 Å². The van der Waals surface area contributed by atoms with Crippen molar-refractivity contribution in [2.24, 2.45) is 0 Å². The highest BCUT2D eigenvalue weighted by Gasteiger charge is 2.35. The van der Waals surface area contributed by atoms with Gasteiger partial charge < -0.3 is 9.13 Å². The molecule has 0 saturated carbocycles. The number of benzene rings is 7. The number of hydrogen-bond acceptors (Lipinski definition) is 0. The standard InChI is InChI=1S/C47H29F6N3/c1-27-18-21-40-33(24-27)31-11-4-6-15-38(31)55(40)42-22-19-29(44-28(2)10-8-13-36(44)47(51,52)53)25-35(42)45-37(54-3)14-9-17-43(45)56-39-16-7-5-12-32(39)34-26-30(46(48,49)50)20-23-41(34)56/h4-26H,1-2H3. The fraction of sp³-hybridized carbons (Fsp3) is 0.0851. The second-order valence-corrected chi connectivity index (χ2v) is 14.0. The van der Waals surface area contributed by atoms with Gasteiger partial charge in [0.15, 0.2) is 5.69 Å². The van der Waals surface area contributed by atoms with Crippen molar-refractivity contribution in [3.8, 4) is 33.6 Å². The summed E-state index contributed by atoms with van der Waals surface area (Å²) in [6.45, 7) is 12.1. The number of nitrogens with zero attached hydrogens (tertiary/aromatic N) is 3. The van der Waals surface area contributed by atoms with Crippen LogP contribution in [0, 0.1) is 20.4 Å². The molecule has 0 atom stereocenters. The molecule has 0 unspecified atom stereocenters. The minimum Gasteiger partial charge on any atom is -0.310 e. The monoisotopic (exact) mass is 749 g/mol. The van der Waals surface area contributed by atoms with E-state index in [1.807, 2.05) is 54.0 Å². The summed E-state index contributed by atoms with van der Waals surface area (Å²) in [6.07, 6.45) is -9.23. The van der Waals surface area contributed by atoms with Gasteiger partial charge in [-0.25, -0.2) is 4.85 Å². The normalized spacial score (nSPS) is 12.3. The van der Waals surface area contributed by atoms with Gasteiger partial charge in [0, 0.05) is 32.8 Å². The first-order valence-electron chi connectivity index (χ1n) is 17.8. The molecule has 0 aliphatic heterocycles. The van der Waals surface area contributed by atoms with Gasteiger partial charge in [0.25, 0.3) is 0 Å². The third-order valence-electron chi connectivity index (χ3n) is 10.6. The molecular formula is C47H29F6N3. The number of alkyl halides is 6. The first-order chi connectivity index (χ1) is 26.8. The van der Waals surface area contributed by atoms with Crippen molar-refractivity contribution in [2.75, 3.05) is 0 Å². The minimum absolute atomic E-state index is 0.0176. The summed E-state index contributed by atoms with van der Waals surface area (Å²) >= 11 is 0. The molecule has 0 saturated heterocycles. The Hall–Kier alpha value is -6.79. The van der Waals surface area contributed by atoms with E-state index >= 15 is 0 Å². The van der Waals surface area contributed by atoms with E-state index in [9.17, 15) is 26.3 Å². The summed E-state index contributed by atoms with van der Waals surface area (Å²) in [6, 6.07) is 39.2. The number of aryl methyl sites for hydroxylation is 2. The van der Waals surface area contributed by atoms with Gasteiger partial charge >= 0.3 is 12.4 Å². The first-order valence-corrected chi connectivity index (χ1v) is 17.8. The van der Waals surface area contributed by atoms with E-state index in [-0.39, 0.29) is 11.3 Å². The molecule has 0 amide bonds. The molecule has 9 heteroatoms. The molecule has 0 fully saturated rings. The van der Waals surface area contributed by atoms with Gasteiger partial charge in [-0.3, -0.25) is 0 Å². The molecule has 2 aromatic heterocycles. The maximum absolute atomic E-state index is 14.7. The van der Waals surface area contributed by atoms with E-state index in [1.54, 1.807) is 67.6 Å². The molecule has 0 radical (unpaired) electrons. The lowest BCUT2D eigenvalue weighted by Gasteiger charge is -2.22. The number of aromatic nitrogens is 2. The Morgan fingerprint density at radius 3 is 1.77 bits per heavy atom. The number of fused-ring (bicyclic) bond motifs is 6. The lowest BCUT2D eigenvalue weighted by atomic mass is 9.90. The first kappa shape index (κ1) is 34.9. The fourth-order valence-electron chi connectivity index (χ4n) is 8.21. The molecule has 9 aromatic rings. The third-order valence-corrected chi connectivity index (χ3v) is 10.6. The van der Waals surface area contributed by atoms with Crippen LogP contribution in [0.2, 0.25) is 0 Å². The highest BCUT2D eigenvalue weighted by molar-refractivity contribution is 6.12. The molecule has 7 aromatic carbocycles. The summed E-state index contributed by atoms with van der Waals surface area (Å²) in [5.41, 5.74) is 5.22. The SMILES string of the molecule is [C-]#[N+]c1cccc(-n2c3ccccc3c3cc(C(F)(F)F)ccc32)c1-c1cc(-c2c(C)cccc2C(F)(F)F)ccc1-n1c2ccccc2c2cc(C)ccc21. The van der Waals surface area contributed by atoms with Gasteiger partial charge in [-0.1, -0.05) is 78.4 Å². The highest BCUT2D eigenvalue weighted by atomic mass is 19.4. The number of hydrogen-bond donors (Lipinski definition) is 0.